The third kappa shape index (κ3) is 5.37. The Morgan fingerprint density at radius 1 is 0.935 bits per heavy atom. The Kier molecular flexibility index (Phi) is 6.41. The zero-order chi connectivity index (χ0) is 21.6. The van der Waals surface area contributed by atoms with Crippen LogP contribution < -0.4 is 5.32 Å². The summed E-state index contributed by atoms with van der Waals surface area (Å²) in [7, 11) is 0. The topological polar surface area (TPSA) is 49.4 Å². The van der Waals surface area contributed by atoms with Gasteiger partial charge >= 0.3 is 0 Å². The van der Waals surface area contributed by atoms with E-state index >= 15 is 0 Å². The standard InChI is InChI=1S/C26H25FN2O2/c27-23-13-11-20(12-14-23)17-29-18-22(16-25(29)30)26(31)28-24(21-9-5-2-6-10-21)15-19-7-3-1-4-8-19/h1-14,22,24H,15-18H2,(H,28,31)/t22-,24+/m1/s1. The van der Waals surface area contributed by atoms with Crippen molar-refractivity contribution < 1.29 is 14.0 Å². The van der Waals surface area contributed by atoms with Crippen molar-refractivity contribution in [2.75, 3.05) is 6.54 Å². The highest BCUT2D eigenvalue weighted by Gasteiger charge is 2.35. The van der Waals surface area contributed by atoms with Crippen molar-refractivity contribution in [3.05, 3.63) is 107 Å². The average Bonchev–Trinajstić information content (AvgIpc) is 3.16. The minimum absolute atomic E-state index is 0.0520. The predicted octanol–water partition coefficient (Wildman–Crippen LogP) is 4.27. The Morgan fingerprint density at radius 3 is 2.26 bits per heavy atom. The van der Waals surface area contributed by atoms with Crippen LogP contribution in [-0.4, -0.2) is 23.3 Å². The lowest BCUT2D eigenvalue weighted by Gasteiger charge is -2.22. The van der Waals surface area contributed by atoms with Crippen molar-refractivity contribution in [1.29, 1.82) is 0 Å². The second-order valence-electron chi connectivity index (χ2n) is 7.96. The van der Waals surface area contributed by atoms with Crippen LogP contribution in [0.25, 0.3) is 0 Å². The molecule has 31 heavy (non-hydrogen) atoms. The zero-order valence-corrected chi connectivity index (χ0v) is 17.2. The Balaban J connectivity index is 1.43. The van der Waals surface area contributed by atoms with Crippen molar-refractivity contribution in [1.82, 2.24) is 10.2 Å². The van der Waals surface area contributed by atoms with Gasteiger partial charge in [-0.15, -0.1) is 0 Å². The molecule has 0 saturated carbocycles. The molecular formula is C26H25FN2O2. The molecule has 1 aliphatic heterocycles. The van der Waals surface area contributed by atoms with Crippen LogP contribution in [0.15, 0.2) is 84.9 Å². The lowest BCUT2D eigenvalue weighted by Crippen LogP contribution is -2.36. The van der Waals surface area contributed by atoms with E-state index in [9.17, 15) is 14.0 Å². The summed E-state index contributed by atoms with van der Waals surface area (Å²) in [5, 5.41) is 3.17. The molecule has 4 nitrogen and oxygen atoms in total. The fourth-order valence-electron chi connectivity index (χ4n) is 3.99. The fourth-order valence-corrected chi connectivity index (χ4v) is 3.99. The molecule has 0 unspecified atom stereocenters. The van der Waals surface area contributed by atoms with Crippen molar-refractivity contribution in [3.63, 3.8) is 0 Å². The maximum atomic E-state index is 13.1. The van der Waals surface area contributed by atoms with Gasteiger partial charge in [-0.05, 0) is 35.2 Å². The van der Waals surface area contributed by atoms with E-state index in [-0.39, 0.29) is 30.1 Å². The fraction of sp³-hybridized carbons (Fsp3) is 0.231. The summed E-state index contributed by atoms with van der Waals surface area (Å²) in [6.45, 7) is 0.754. The molecule has 0 aromatic heterocycles. The van der Waals surface area contributed by atoms with E-state index in [0.29, 0.717) is 19.5 Å². The van der Waals surface area contributed by atoms with E-state index < -0.39 is 5.92 Å². The number of likely N-dealkylation sites (tertiary alicyclic amines) is 1. The van der Waals surface area contributed by atoms with E-state index in [1.54, 1.807) is 17.0 Å². The molecule has 0 radical (unpaired) electrons. The Bertz CT molecular complexity index is 1020. The second-order valence-corrected chi connectivity index (χ2v) is 7.96. The van der Waals surface area contributed by atoms with E-state index in [0.717, 1.165) is 16.7 Å². The molecule has 1 heterocycles. The van der Waals surface area contributed by atoms with Gasteiger partial charge in [-0.25, -0.2) is 4.39 Å². The lowest BCUT2D eigenvalue weighted by molar-refractivity contribution is -0.129. The molecule has 3 aromatic carbocycles. The molecule has 0 bridgehead atoms. The number of carbonyl (C=O) groups is 2. The first-order valence-electron chi connectivity index (χ1n) is 10.5. The van der Waals surface area contributed by atoms with Crippen LogP contribution in [0.2, 0.25) is 0 Å². The zero-order valence-electron chi connectivity index (χ0n) is 17.2. The molecule has 2 atom stereocenters. The van der Waals surface area contributed by atoms with Gasteiger partial charge in [-0.1, -0.05) is 72.8 Å². The van der Waals surface area contributed by atoms with Crippen LogP contribution in [0.1, 0.15) is 29.2 Å². The maximum absolute atomic E-state index is 13.1. The van der Waals surface area contributed by atoms with Gasteiger partial charge < -0.3 is 10.2 Å². The predicted molar refractivity (Wildman–Crippen MR) is 117 cm³/mol. The van der Waals surface area contributed by atoms with Gasteiger partial charge in [-0.3, -0.25) is 9.59 Å². The first-order chi connectivity index (χ1) is 15.1. The number of carbonyl (C=O) groups excluding carboxylic acids is 2. The molecule has 4 rings (SSSR count). The van der Waals surface area contributed by atoms with Gasteiger partial charge in [0.05, 0.1) is 12.0 Å². The summed E-state index contributed by atoms with van der Waals surface area (Å²) < 4.78 is 13.1. The van der Waals surface area contributed by atoms with Crippen LogP contribution in [0.4, 0.5) is 4.39 Å². The Hall–Kier alpha value is -3.47. The van der Waals surface area contributed by atoms with Gasteiger partial charge in [0.25, 0.3) is 0 Å². The first-order valence-corrected chi connectivity index (χ1v) is 10.5. The molecule has 0 spiro atoms. The minimum Gasteiger partial charge on any atom is -0.349 e. The summed E-state index contributed by atoms with van der Waals surface area (Å²) in [5.74, 6) is -0.863. The Morgan fingerprint density at radius 2 is 1.58 bits per heavy atom. The summed E-state index contributed by atoms with van der Waals surface area (Å²) in [5.41, 5.74) is 3.02. The molecule has 3 aromatic rings. The summed E-state index contributed by atoms with van der Waals surface area (Å²) in [6, 6.07) is 25.9. The number of amides is 2. The van der Waals surface area contributed by atoms with Crippen molar-refractivity contribution >= 4 is 11.8 Å². The number of hydrogen-bond acceptors (Lipinski definition) is 2. The highest BCUT2D eigenvalue weighted by atomic mass is 19.1. The molecule has 1 saturated heterocycles. The molecular weight excluding hydrogens is 391 g/mol. The van der Waals surface area contributed by atoms with Crippen LogP contribution in [-0.2, 0) is 22.6 Å². The van der Waals surface area contributed by atoms with Crippen molar-refractivity contribution in [3.8, 4) is 0 Å². The molecule has 1 N–H and O–H groups in total. The summed E-state index contributed by atoms with van der Waals surface area (Å²) in [6.07, 6.45) is 0.871. The molecule has 1 aliphatic rings. The number of rotatable bonds is 7. The lowest BCUT2D eigenvalue weighted by atomic mass is 9.97. The highest BCUT2D eigenvalue weighted by molar-refractivity contribution is 5.89. The maximum Gasteiger partial charge on any atom is 0.225 e. The van der Waals surface area contributed by atoms with Crippen LogP contribution >= 0.6 is 0 Å². The molecule has 1 fully saturated rings. The van der Waals surface area contributed by atoms with Crippen molar-refractivity contribution in [2.24, 2.45) is 5.92 Å². The highest BCUT2D eigenvalue weighted by Crippen LogP contribution is 2.24. The van der Waals surface area contributed by atoms with Crippen LogP contribution in [0, 0.1) is 11.7 Å². The largest absolute Gasteiger partial charge is 0.349 e. The first kappa shape index (κ1) is 20.8. The van der Waals surface area contributed by atoms with E-state index in [1.807, 2.05) is 60.7 Å². The Labute approximate surface area is 181 Å². The van der Waals surface area contributed by atoms with E-state index in [1.165, 1.54) is 12.1 Å². The van der Waals surface area contributed by atoms with Gasteiger partial charge in [0.1, 0.15) is 5.82 Å². The normalized spacial score (nSPS) is 16.9. The summed E-state index contributed by atoms with van der Waals surface area (Å²) in [4.78, 5) is 27.2. The van der Waals surface area contributed by atoms with E-state index in [4.69, 9.17) is 0 Å². The number of halogens is 1. The molecule has 158 valence electrons. The molecule has 0 aliphatic carbocycles. The number of nitrogens with zero attached hydrogens (tertiary/aromatic N) is 1. The number of hydrogen-bond donors (Lipinski definition) is 1. The third-order valence-corrected chi connectivity index (χ3v) is 5.67. The summed E-state index contributed by atoms with van der Waals surface area (Å²) >= 11 is 0. The van der Waals surface area contributed by atoms with Crippen LogP contribution in [0.5, 0.6) is 0 Å². The smallest absolute Gasteiger partial charge is 0.225 e. The van der Waals surface area contributed by atoms with E-state index in [2.05, 4.69) is 5.32 Å². The van der Waals surface area contributed by atoms with Crippen LogP contribution in [0.3, 0.4) is 0 Å². The number of nitrogens with one attached hydrogen (secondary N) is 1. The van der Waals surface area contributed by atoms with Gasteiger partial charge in [0.15, 0.2) is 0 Å². The monoisotopic (exact) mass is 416 g/mol. The van der Waals surface area contributed by atoms with Gasteiger partial charge in [0, 0.05) is 19.5 Å². The minimum atomic E-state index is -0.394. The third-order valence-electron chi connectivity index (χ3n) is 5.67. The molecule has 5 heteroatoms. The SMILES string of the molecule is O=C(N[C@@H](Cc1ccccc1)c1ccccc1)[C@@H]1CC(=O)N(Cc2ccc(F)cc2)C1. The average molecular weight is 416 g/mol. The van der Waals surface area contributed by atoms with Crippen molar-refractivity contribution in [2.45, 2.75) is 25.4 Å². The van der Waals surface area contributed by atoms with Gasteiger partial charge in [0.2, 0.25) is 11.8 Å². The quantitative estimate of drug-likeness (QED) is 0.625. The van der Waals surface area contributed by atoms with Gasteiger partial charge in [-0.2, -0.15) is 0 Å². The molecule has 2 amide bonds. The second kappa shape index (κ2) is 9.56. The number of benzene rings is 3.